The van der Waals surface area contributed by atoms with Crippen LogP contribution in [0, 0.1) is 10.8 Å². The lowest BCUT2D eigenvalue weighted by Gasteiger charge is -2.37. The van der Waals surface area contributed by atoms with Gasteiger partial charge >= 0.3 is 0 Å². The molecule has 2 aliphatic carbocycles. The number of rotatable bonds is 12. The third-order valence-corrected chi connectivity index (χ3v) is 9.09. The molecule has 0 fully saturated rings. The molecule has 0 aromatic heterocycles. The van der Waals surface area contributed by atoms with Gasteiger partial charge in [-0.05, 0) is 104 Å². The predicted octanol–water partition coefficient (Wildman–Crippen LogP) is 11.0. The highest BCUT2D eigenvalue weighted by Crippen LogP contribution is 2.44. The molecule has 2 rings (SSSR count). The van der Waals surface area contributed by atoms with Crippen LogP contribution < -0.4 is 0 Å². The second-order valence-corrected chi connectivity index (χ2v) is 14.4. The molecular formula is C40H60O2. The molecular weight excluding hydrogens is 512 g/mol. The Bertz CT molecular complexity index is 1110. The van der Waals surface area contributed by atoms with E-state index in [1.165, 1.54) is 44.6 Å². The van der Waals surface area contributed by atoms with Gasteiger partial charge in [0.15, 0.2) is 0 Å². The highest BCUT2D eigenvalue weighted by molar-refractivity contribution is 5.31. The molecule has 0 aromatic rings. The minimum Gasteiger partial charge on any atom is -0.393 e. The molecule has 0 aliphatic heterocycles. The van der Waals surface area contributed by atoms with Crippen molar-refractivity contribution in [3.63, 3.8) is 0 Å². The Morgan fingerprint density at radius 2 is 0.976 bits per heavy atom. The smallest absolute Gasteiger partial charge is 0.0585 e. The first kappa shape index (κ1) is 35.8. The standard InChI is InChI=1S/C40H60O2/c1-29(17-13-19-31(3)21-23-37-33(5)25-35(41)27-39(37,7)8)15-11-12-16-30(2)18-14-20-32(4)22-24-38-34(6)26-36(42)28-40(38,9)10/h11-20,35-36,41-42H,21-28H2,1-10H3/b12-11+,17-13+,18-14+,29-15+,30-16+,31-19-,32-20+/t35-,36-/m1/s1. The lowest BCUT2D eigenvalue weighted by Crippen LogP contribution is -2.29. The Balaban J connectivity index is 1.82. The monoisotopic (exact) mass is 572 g/mol. The van der Waals surface area contributed by atoms with Gasteiger partial charge < -0.3 is 10.2 Å². The number of aliphatic hydroxyl groups is 2. The largest absolute Gasteiger partial charge is 0.393 e. The van der Waals surface area contributed by atoms with Gasteiger partial charge in [0, 0.05) is 0 Å². The molecule has 0 heterocycles. The summed E-state index contributed by atoms with van der Waals surface area (Å²) < 4.78 is 0. The average Bonchev–Trinajstić information content (AvgIpc) is 2.84. The second kappa shape index (κ2) is 16.4. The van der Waals surface area contributed by atoms with Gasteiger partial charge in [-0.25, -0.2) is 0 Å². The number of aliphatic hydroxyl groups excluding tert-OH is 2. The first-order valence-electron chi connectivity index (χ1n) is 16.0. The molecule has 2 atom stereocenters. The maximum absolute atomic E-state index is 10.1. The number of hydrogen-bond acceptors (Lipinski definition) is 2. The Kier molecular flexibility index (Phi) is 14.0. The molecule has 0 aromatic carbocycles. The van der Waals surface area contributed by atoms with E-state index in [2.05, 4.69) is 130 Å². The summed E-state index contributed by atoms with van der Waals surface area (Å²) in [5.41, 5.74) is 11.2. The zero-order chi connectivity index (χ0) is 31.5. The van der Waals surface area contributed by atoms with E-state index < -0.39 is 0 Å². The van der Waals surface area contributed by atoms with Crippen LogP contribution in [0.5, 0.6) is 0 Å². The Morgan fingerprint density at radius 3 is 1.31 bits per heavy atom. The van der Waals surface area contributed by atoms with Gasteiger partial charge in [0.2, 0.25) is 0 Å². The molecule has 2 N–H and O–H groups in total. The zero-order valence-electron chi connectivity index (χ0n) is 28.5. The van der Waals surface area contributed by atoms with Crippen LogP contribution in [0.25, 0.3) is 0 Å². The van der Waals surface area contributed by atoms with Crippen molar-refractivity contribution in [3.05, 3.63) is 105 Å². The maximum Gasteiger partial charge on any atom is 0.0585 e. The van der Waals surface area contributed by atoms with Crippen LogP contribution in [0.1, 0.15) is 121 Å². The number of hydrogen-bond donors (Lipinski definition) is 2. The van der Waals surface area contributed by atoms with Crippen LogP contribution in [0.3, 0.4) is 0 Å². The molecule has 42 heavy (non-hydrogen) atoms. The molecule has 0 amide bonds. The van der Waals surface area contributed by atoms with Gasteiger partial charge in [0.1, 0.15) is 0 Å². The van der Waals surface area contributed by atoms with Crippen molar-refractivity contribution >= 4 is 0 Å². The summed E-state index contributed by atoms with van der Waals surface area (Å²) in [5, 5.41) is 20.3. The van der Waals surface area contributed by atoms with E-state index >= 15 is 0 Å². The van der Waals surface area contributed by atoms with Gasteiger partial charge in [0.25, 0.3) is 0 Å². The van der Waals surface area contributed by atoms with Crippen molar-refractivity contribution in [2.45, 2.75) is 133 Å². The molecule has 232 valence electrons. The van der Waals surface area contributed by atoms with Gasteiger partial charge in [0.05, 0.1) is 12.2 Å². The molecule has 2 heteroatoms. The van der Waals surface area contributed by atoms with Crippen molar-refractivity contribution in [2.24, 2.45) is 10.8 Å². The summed E-state index contributed by atoms with van der Waals surface area (Å²) in [4.78, 5) is 0. The summed E-state index contributed by atoms with van der Waals surface area (Å²) in [6.45, 7) is 22.2. The minimum absolute atomic E-state index is 0.0949. The normalized spacial score (nSPS) is 24.7. The van der Waals surface area contributed by atoms with Crippen LogP contribution in [0.15, 0.2) is 105 Å². The van der Waals surface area contributed by atoms with Crippen molar-refractivity contribution in [3.8, 4) is 0 Å². The highest BCUT2D eigenvalue weighted by atomic mass is 16.3. The molecule has 0 spiro atoms. The van der Waals surface area contributed by atoms with Crippen LogP contribution >= 0.6 is 0 Å². The fourth-order valence-corrected chi connectivity index (χ4v) is 6.85. The molecule has 0 saturated carbocycles. The van der Waals surface area contributed by atoms with E-state index in [1.54, 1.807) is 0 Å². The van der Waals surface area contributed by atoms with Crippen LogP contribution in [0.4, 0.5) is 0 Å². The first-order chi connectivity index (χ1) is 19.6. The molecule has 0 radical (unpaired) electrons. The average molecular weight is 573 g/mol. The number of allylic oxidation sites excluding steroid dienone is 16. The third kappa shape index (κ3) is 12.1. The highest BCUT2D eigenvalue weighted by Gasteiger charge is 2.33. The fourth-order valence-electron chi connectivity index (χ4n) is 6.85. The summed E-state index contributed by atoms with van der Waals surface area (Å²) in [5.74, 6) is 0. The molecule has 2 nitrogen and oxygen atoms in total. The van der Waals surface area contributed by atoms with E-state index in [0.29, 0.717) is 0 Å². The van der Waals surface area contributed by atoms with Gasteiger partial charge in [-0.1, -0.05) is 133 Å². The first-order valence-corrected chi connectivity index (χ1v) is 16.0. The summed E-state index contributed by atoms with van der Waals surface area (Å²) in [6, 6.07) is 0. The topological polar surface area (TPSA) is 40.5 Å². The molecule has 0 unspecified atom stereocenters. The quantitative estimate of drug-likeness (QED) is 0.180. The second-order valence-electron chi connectivity index (χ2n) is 14.4. The predicted molar refractivity (Wildman–Crippen MR) is 184 cm³/mol. The Morgan fingerprint density at radius 1 is 0.619 bits per heavy atom. The molecule has 0 saturated heterocycles. The SMILES string of the molecule is CC1=C(CC\C(C)=C/C=C/C(C)=C/C=C/C=C(C)/C=C/C=C(\C)CCC2=C(C)C[C@@H](O)CC2(C)C)C(C)(C)C[C@H](O)C1. The minimum atomic E-state index is -0.191. The Labute approximate surface area is 258 Å². The lowest BCUT2D eigenvalue weighted by molar-refractivity contribution is 0.112. The summed E-state index contributed by atoms with van der Waals surface area (Å²) >= 11 is 0. The molecule has 0 bridgehead atoms. The summed E-state index contributed by atoms with van der Waals surface area (Å²) in [7, 11) is 0. The van der Waals surface area contributed by atoms with Gasteiger partial charge in [-0.15, -0.1) is 0 Å². The zero-order valence-corrected chi connectivity index (χ0v) is 28.5. The lowest BCUT2D eigenvalue weighted by atomic mass is 9.70. The van der Waals surface area contributed by atoms with Gasteiger partial charge in [-0.2, -0.15) is 0 Å². The third-order valence-electron chi connectivity index (χ3n) is 9.09. The van der Waals surface area contributed by atoms with Crippen LogP contribution in [-0.4, -0.2) is 22.4 Å². The van der Waals surface area contributed by atoms with Gasteiger partial charge in [-0.3, -0.25) is 0 Å². The van der Waals surface area contributed by atoms with Crippen LogP contribution in [-0.2, 0) is 0 Å². The van der Waals surface area contributed by atoms with E-state index in [-0.39, 0.29) is 23.0 Å². The Hall–Kier alpha value is -2.42. The van der Waals surface area contributed by atoms with Crippen molar-refractivity contribution in [1.29, 1.82) is 0 Å². The van der Waals surface area contributed by atoms with E-state index in [9.17, 15) is 10.2 Å². The molecule has 2 aliphatic rings. The van der Waals surface area contributed by atoms with Crippen molar-refractivity contribution in [1.82, 2.24) is 0 Å². The van der Waals surface area contributed by atoms with E-state index in [0.717, 1.165) is 51.4 Å². The summed E-state index contributed by atoms with van der Waals surface area (Å²) in [6.07, 6.45) is 28.9. The van der Waals surface area contributed by atoms with E-state index in [1.807, 2.05) is 0 Å². The fraction of sp³-hybridized carbons (Fsp3) is 0.550. The van der Waals surface area contributed by atoms with E-state index in [4.69, 9.17) is 0 Å². The maximum atomic E-state index is 10.1. The van der Waals surface area contributed by atoms with Crippen molar-refractivity contribution < 1.29 is 10.2 Å². The van der Waals surface area contributed by atoms with Crippen molar-refractivity contribution in [2.75, 3.05) is 0 Å². The van der Waals surface area contributed by atoms with Crippen LogP contribution in [0.2, 0.25) is 0 Å².